The number of hydrogen-bond acceptors (Lipinski definition) is 5. The molecule has 7 heteroatoms. The van der Waals surface area contributed by atoms with Gasteiger partial charge in [-0.2, -0.15) is 0 Å². The van der Waals surface area contributed by atoms with Gasteiger partial charge in [0.1, 0.15) is 5.58 Å². The van der Waals surface area contributed by atoms with Crippen LogP contribution in [0.5, 0.6) is 0 Å². The fourth-order valence-electron chi connectivity index (χ4n) is 3.90. The molecular weight excluding hydrogens is 390 g/mol. The predicted molar refractivity (Wildman–Crippen MR) is 112 cm³/mol. The van der Waals surface area contributed by atoms with Crippen molar-refractivity contribution in [3.63, 3.8) is 0 Å². The number of likely N-dealkylation sites (N-methyl/N-ethyl adjacent to an activating group) is 1. The van der Waals surface area contributed by atoms with Gasteiger partial charge < -0.3 is 14.2 Å². The maximum atomic E-state index is 13.4. The summed E-state index contributed by atoms with van der Waals surface area (Å²) in [6.45, 7) is 7.18. The van der Waals surface area contributed by atoms with Crippen molar-refractivity contribution in [1.29, 1.82) is 0 Å². The van der Waals surface area contributed by atoms with Crippen molar-refractivity contribution < 1.29 is 9.21 Å². The van der Waals surface area contributed by atoms with E-state index in [1.807, 2.05) is 12.1 Å². The number of rotatable bonds is 6. The van der Waals surface area contributed by atoms with Gasteiger partial charge in [-0.15, -0.1) is 0 Å². The van der Waals surface area contributed by atoms with E-state index in [-0.39, 0.29) is 17.1 Å². The average molecular weight is 412 g/mol. The molecule has 150 valence electrons. The Bertz CT molecular complexity index is 1110. The molecule has 0 aliphatic carbocycles. The lowest BCUT2D eigenvalue weighted by atomic mass is 9.99. The molecule has 0 saturated heterocycles. The highest BCUT2D eigenvalue weighted by molar-refractivity contribution is 6.31. The molecule has 1 aromatic carbocycles. The first-order valence-corrected chi connectivity index (χ1v) is 10.1. The molecule has 0 unspecified atom stereocenters. The molecule has 3 aromatic rings. The van der Waals surface area contributed by atoms with Gasteiger partial charge in [0.15, 0.2) is 5.43 Å². The maximum Gasteiger partial charge on any atom is 0.290 e. The van der Waals surface area contributed by atoms with Gasteiger partial charge in [-0.3, -0.25) is 14.6 Å². The molecule has 0 bridgehead atoms. The number of hydrogen-bond donors (Lipinski definition) is 0. The third-order valence-corrected chi connectivity index (χ3v) is 5.74. The Balaban J connectivity index is 1.87. The molecule has 1 amide bonds. The van der Waals surface area contributed by atoms with Crippen LogP contribution in [-0.4, -0.2) is 46.9 Å². The molecule has 0 N–H and O–H groups in total. The van der Waals surface area contributed by atoms with Gasteiger partial charge in [0, 0.05) is 30.5 Å². The van der Waals surface area contributed by atoms with Crippen molar-refractivity contribution in [1.82, 2.24) is 14.8 Å². The lowest BCUT2D eigenvalue weighted by Gasteiger charge is -2.28. The summed E-state index contributed by atoms with van der Waals surface area (Å²) in [5.41, 5.74) is 1.35. The van der Waals surface area contributed by atoms with Gasteiger partial charge in [0.05, 0.1) is 17.0 Å². The quantitative estimate of drug-likeness (QED) is 0.618. The smallest absolute Gasteiger partial charge is 0.290 e. The third kappa shape index (κ3) is 3.43. The molecule has 3 heterocycles. The number of carbonyl (C=O) groups is 1. The third-order valence-electron chi connectivity index (χ3n) is 5.50. The molecular formula is C22H22ClN3O3. The summed E-state index contributed by atoms with van der Waals surface area (Å²) in [6, 6.07) is 8.04. The molecule has 0 radical (unpaired) electrons. The van der Waals surface area contributed by atoms with Crippen LogP contribution >= 0.6 is 11.6 Å². The molecule has 1 aliphatic rings. The van der Waals surface area contributed by atoms with Gasteiger partial charge in [-0.05, 0) is 49.0 Å². The Morgan fingerprint density at radius 1 is 1.14 bits per heavy atom. The summed E-state index contributed by atoms with van der Waals surface area (Å²) < 4.78 is 5.91. The van der Waals surface area contributed by atoms with Crippen molar-refractivity contribution in [3.05, 3.63) is 74.9 Å². The summed E-state index contributed by atoms with van der Waals surface area (Å²) in [5, 5.41) is 0.835. The molecule has 2 aromatic heterocycles. The minimum Gasteiger partial charge on any atom is -0.450 e. The largest absolute Gasteiger partial charge is 0.450 e. The van der Waals surface area contributed by atoms with E-state index in [4.69, 9.17) is 16.0 Å². The normalized spacial score (nSPS) is 16.1. The Morgan fingerprint density at radius 2 is 1.86 bits per heavy atom. The van der Waals surface area contributed by atoms with Crippen LogP contribution in [0.2, 0.25) is 5.02 Å². The van der Waals surface area contributed by atoms with E-state index >= 15 is 0 Å². The Morgan fingerprint density at radius 3 is 2.55 bits per heavy atom. The number of aromatic nitrogens is 1. The molecule has 6 nitrogen and oxygen atoms in total. The second kappa shape index (κ2) is 7.97. The van der Waals surface area contributed by atoms with Crippen LogP contribution in [0.1, 0.15) is 41.6 Å². The fraction of sp³-hybridized carbons (Fsp3) is 0.318. The van der Waals surface area contributed by atoms with Gasteiger partial charge >= 0.3 is 0 Å². The summed E-state index contributed by atoms with van der Waals surface area (Å²) >= 11 is 6.10. The maximum absolute atomic E-state index is 13.4. The lowest BCUT2D eigenvalue weighted by molar-refractivity contribution is 0.0708. The SMILES string of the molecule is CCN(CC)CCN1C(=O)c2oc3ccc(Cl)cc3c(=O)c2[C@H]1c1ccncc1. The first kappa shape index (κ1) is 19.6. The second-order valence-corrected chi connectivity index (χ2v) is 7.46. The standard InChI is InChI=1S/C22H22ClN3O3/c1-3-25(4-2)11-12-26-19(14-7-9-24-10-8-14)18-20(27)16-13-15(23)5-6-17(16)29-21(18)22(26)28/h5-10,13,19H,3-4,11-12H2,1-2H3/t19-/m1/s1. The van der Waals surface area contributed by atoms with Crippen LogP contribution in [0.25, 0.3) is 11.0 Å². The van der Waals surface area contributed by atoms with Crippen LogP contribution in [0, 0.1) is 0 Å². The predicted octanol–water partition coefficient (Wildman–Crippen LogP) is 3.73. The molecule has 1 aliphatic heterocycles. The zero-order valence-corrected chi connectivity index (χ0v) is 17.1. The number of amides is 1. The minimum atomic E-state index is -0.504. The van der Waals surface area contributed by atoms with Gasteiger partial charge in [0.25, 0.3) is 5.91 Å². The van der Waals surface area contributed by atoms with Crippen LogP contribution in [0.3, 0.4) is 0 Å². The summed E-state index contributed by atoms with van der Waals surface area (Å²) in [6.07, 6.45) is 3.33. The molecule has 0 saturated carbocycles. The lowest BCUT2D eigenvalue weighted by Crippen LogP contribution is -2.37. The first-order chi connectivity index (χ1) is 14.0. The summed E-state index contributed by atoms with van der Waals surface area (Å²) in [5.74, 6) is -0.144. The van der Waals surface area contributed by atoms with Crippen LogP contribution in [-0.2, 0) is 0 Å². The van der Waals surface area contributed by atoms with E-state index in [1.165, 1.54) is 0 Å². The molecule has 0 spiro atoms. The van der Waals surface area contributed by atoms with Crippen molar-refractivity contribution in [2.24, 2.45) is 0 Å². The highest BCUT2D eigenvalue weighted by atomic mass is 35.5. The number of nitrogens with zero attached hydrogens (tertiary/aromatic N) is 3. The average Bonchev–Trinajstić information content (AvgIpc) is 3.02. The zero-order chi connectivity index (χ0) is 20.5. The van der Waals surface area contributed by atoms with Crippen molar-refractivity contribution in [3.8, 4) is 0 Å². The number of halogens is 1. The van der Waals surface area contributed by atoms with Crippen LogP contribution < -0.4 is 5.43 Å². The molecule has 29 heavy (non-hydrogen) atoms. The minimum absolute atomic E-state index is 0.117. The van der Waals surface area contributed by atoms with Crippen LogP contribution in [0.15, 0.2) is 51.9 Å². The number of benzene rings is 1. The van der Waals surface area contributed by atoms with Gasteiger partial charge in [-0.25, -0.2) is 0 Å². The zero-order valence-electron chi connectivity index (χ0n) is 16.4. The van der Waals surface area contributed by atoms with Crippen molar-refractivity contribution in [2.75, 3.05) is 26.2 Å². The molecule has 1 atom stereocenters. The van der Waals surface area contributed by atoms with Crippen molar-refractivity contribution in [2.45, 2.75) is 19.9 Å². The topological polar surface area (TPSA) is 66.7 Å². The molecule has 4 rings (SSSR count). The van der Waals surface area contributed by atoms with E-state index in [1.54, 1.807) is 35.5 Å². The highest BCUT2D eigenvalue weighted by Gasteiger charge is 2.42. The molecule has 0 fully saturated rings. The van der Waals surface area contributed by atoms with Gasteiger partial charge in [0.2, 0.25) is 5.76 Å². The second-order valence-electron chi connectivity index (χ2n) is 7.02. The first-order valence-electron chi connectivity index (χ1n) is 9.74. The number of fused-ring (bicyclic) bond motifs is 2. The fourth-order valence-corrected chi connectivity index (χ4v) is 4.08. The monoisotopic (exact) mass is 411 g/mol. The van der Waals surface area contributed by atoms with E-state index in [9.17, 15) is 9.59 Å². The number of carbonyl (C=O) groups excluding carboxylic acids is 1. The van der Waals surface area contributed by atoms with Crippen LogP contribution in [0.4, 0.5) is 0 Å². The van der Waals surface area contributed by atoms with E-state index < -0.39 is 6.04 Å². The number of pyridine rings is 1. The highest BCUT2D eigenvalue weighted by Crippen LogP contribution is 2.38. The Labute approximate surface area is 173 Å². The van der Waals surface area contributed by atoms with Crippen molar-refractivity contribution >= 4 is 28.5 Å². The Kier molecular flexibility index (Phi) is 5.39. The summed E-state index contributed by atoms with van der Waals surface area (Å²) in [7, 11) is 0. The van der Waals surface area contributed by atoms with E-state index in [0.29, 0.717) is 34.6 Å². The summed E-state index contributed by atoms with van der Waals surface area (Å²) in [4.78, 5) is 34.7. The van der Waals surface area contributed by atoms with E-state index in [2.05, 4.69) is 23.7 Å². The van der Waals surface area contributed by atoms with E-state index in [0.717, 1.165) is 18.7 Å². The Hall–Kier alpha value is -2.70. The van der Waals surface area contributed by atoms with Gasteiger partial charge in [-0.1, -0.05) is 25.4 Å².